The van der Waals surface area contributed by atoms with Crippen LogP contribution in [0.1, 0.15) is 24.8 Å². The minimum absolute atomic E-state index is 0.0341. The van der Waals surface area contributed by atoms with Crippen molar-refractivity contribution in [2.45, 2.75) is 38.8 Å². The van der Waals surface area contributed by atoms with Crippen LogP contribution in [0.3, 0.4) is 0 Å². The molecule has 0 bridgehead atoms. The number of hydrogen-bond acceptors (Lipinski definition) is 3. The third-order valence-corrected chi connectivity index (χ3v) is 4.43. The molecule has 104 valence electrons. The molecule has 2 aliphatic rings. The number of amides is 1. The summed E-state index contributed by atoms with van der Waals surface area (Å²) in [4.78, 5) is 12.2. The molecule has 1 aromatic heterocycles. The predicted molar refractivity (Wildman–Crippen MR) is 72.6 cm³/mol. The zero-order chi connectivity index (χ0) is 13.2. The molecule has 1 aromatic rings. The first-order valence-electron chi connectivity index (χ1n) is 7.24. The lowest BCUT2D eigenvalue weighted by atomic mass is 9.94. The molecule has 2 heterocycles. The number of rotatable bonds is 4. The molecule has 1 aliphatic heterocycles. The van der Waals surface area contributed by atoms with Crippen LogP contribution in [-0.4, -0.2) is 34.8 Å². The maximum Gasteiger partial charge on any atom is 0.237 e. The van der Waals surface area contributed by atoms with Gasteiger partial charge in [-0.3, -0.25) is 9.48 Å². The summed E-state index contributed by atoms with van der Waals surface area (Å²) in [5.41, 5.74) is 1.15. The second-order valence-corrected chi connectivity index (χ2v) is 5.81. The zero-order valence-corrected chi connectivity index (χ0v) is 11.4. The molecule has 2 N–H and O–H groups in total. The molecule has 3 rings (SSSR count). The first-order valence-corrected chi connectivity index (χ1v) is 7.24. The molecular formula is C14H22N4O. The van der Waals surface area contributed by atoms with Crippen molar-refractivity contribution in [3.8, 4) is 0 Å². The van der Waals surface area contributed by atoms with Gasteiger partial charge in [-0.05, 0) is 43.7 Å². The number of aryl methyl sites for hydroxylation is 1. The van der Waals surface area contributed by atoms with Crippen LogP contribution in [0.25, 0.3) is 0 Å². The van der Waals surface area contributed by atoms with E-state index in [1.54, 1.807) is 0 Å². The van der Waals surface area contributed by atoms with E-state index in [2.05, 4.69) is 15.7 Å². The van der Waals surface area contributed by atoms with Crippen LogP contribution in [0.4, 0.5) is 0 Å². The molecule has 3 atom stereocenters. The van der Waals surface area contributed by atoms with Gasteiger partial charge >= 0.3 is 0 Å². The largest absolute Gasteiger partial charge is 0.353 e. The van der Waals surface area contributed by atoms with Gasteiger partial charge in [-0.25, -0.2) is 0 Å². The Bertz CT molecular complexity index is 456. The van der Waals surface area contributed by atoms with Crippen molar-refractivity contribution in [3.05, 3.63) is 18.0 Å². The number of aromatic nitrogens is 2. The molecule has 3 unspecified atom stereocenters. The lowest BCUT2D eigenvalue weighted by Crippen LogP contribution is -2.44. The molecule has 1 saturated heterocycles. The van der Waals surface area contributed by atoms with Crippen molar-refractivity contribution in [1.29, 1.82) is 0 Å². The summed E-state index contributed by atoms with van der Waals surface area (Å²) in [6, 6.07) is 0.0341. The number of hydrogen-bond donors (Lipinski definition) is 2. The molecule has 19 heavy (non-hydrogen) atoms. The van der Waals surface area contributed by atoms with Gasteiger partial charge in [-0.1, -0.05) is 6.42 Å². The fourth-order valence-electron chi connectivity index (χ4n) is 3.47. The van der Waals surface area contributed by atoms with Gasteiger partial charge in [-0.15, -0.1) is 0 Å². The maximum atomic E-state index is 12.2. The third kappa shape index (κ3) is 2.66. The Labute approximate surface area is 113 Å². The Morgan fingerprint density at radius 2 is 2.47 bits per heavy atom. The first kappa shape index (κ1) is 12.7. The van der Waals surface area contributed by atoms with Gasteiger partial charge in [0.2, 0.25) is 5.91 Å². The Morgan fingerprint density at radius 1 is 1.58 bits per heavy atom. The van der Waals surface area contributed by atoms with Crippen molar-refractivity contribution in [2.24, 2.45) is 11.8 Å². The summed E-state index contributed by atoms with van der Waals surface area (Å²) in [7, 11) is 0. The number of carbonyl (C=O) groups excluding carboxylic acids is 1. The monoisotopic (exact) mass is 262 g/mol. The van der Waals surface area contributed by atoms with Crippen LogP contribution in [0.5, 0.6) is 0 Å². The fraction of sp³-hybridized carbons (Fsp3) is 0.714. The highest BCUT2D eigenvalue weighted by Gasteiger charge is 2.42. The predicted octanol–water partition coefficient (Wildman–Crippen LogP) is 0.696. The van der Waals surface area contributed by atoms with E-state index < -0.39 is 0 Å². The van der Waals surface area contributed by atoms with Gasteiger partial charge < -0.3 is 10.6 Å². The summed E-state index contributed by atoms with van der Waals surface area (Å²) in [6.45, 7) is 4.42. The van der Waals surface area contributed by atoms with Gasteiger partial charge in [0.05, 0.1) is 18.8 Å². The van der Waals surface area contributed by atoms with E-state index in [-0.39, 0.29) is 11.9 Å². The van der Waals surface area contributed by atoms with Gasteiger partial charge in [0.25, 0.3) is 0 Å². The zero-order valence-electron chi connectivity index (χ0n) is 11.4. The van der Waals surface area contributed by atoms with Gasteiger partial charge in [0.15, 0.2) is 0 Å². The summed E-state index contributed by atoms with van der Waals surface area (Å²) >= 11 is 0. The molecular weight excluding hydrogens is 240 g/mol. The van der Waals surface area contributed by atoms with E-state index in [9.17, 15) is 4.79 Å². The highest BCUT2D eigenvalue weighted by molar-refractivity contribution is 5.82. The topological polar surface area (TPSA) is 59.0 Å². The molecule has 1 amide bonds. The summed E-state index contributed by atoms with van der Waals surface area (Å²) in [5.74, 6) is 1.45. The van der Waals surface area contributed by atoms with E-state index in [1.165, 1.54) is 19.3 Å². The van der Waals surface area contributed by atoms with Gasteiger partial charge in [-0.2, -0.15) is 5.10 Å². The molecule has 5 heteroatoms. The number of nitrogens with one attached hydrogen (secondary N) is 2. The molecule has 5 nitrogen and oxygen atoms in total. The second-order valence-electron chi connectivity index (χ2n) is 5.81. The quantitative estimate of drug-likeness (QED) is 0.839. The lowest BCUT2D eigenvalue weighted by Gasteiger charge is -2.17. The normalized spacial score (nSPS) is 29.4. The van der Waals surface area contributed by atoms with Crippen LogP contribution < -0.4 is 10.6 Å². The molecule has 0 aromatic carbocycles. The highest BCUT2D eigenvalue weighted by atomic mass is 16.2. The van der Waals surface area contributed by atoms with E-state index in [0.29, 0.717) is 12.5 Å². The first-order chi connectivity index (χ1) is 9.24. The fourth-order valence-corrected chi connectivity index (χ4v) is 3.47. The Hall–Kier alpha value is -1.36. The number of carbonyl (C=O) groups is 1. The Kier molecular flexibility index (Phi) is 3.55. The van der Waals surface area contributed by atoms with E-state index in [4.69, 9.17) is 0 Å². The summed E-state index contributed by atoms with van der Waals surface area (Å²) < 4.78 is 1.87. The highest BCUT2D eigenvalue weighted by Crippen LogP contribution is 2.37. The SMILES string of the molecule is Cc1cnn(CCNC(=O)C2NCC3CCCC32)c1. The smallest absolute Gasteiger partial charge is 0.237 e. The van der Waals surface area contributed by atoms with Crippen LogP contribution in [0.15, 0.2) is 12.4 Å². The van der Waals surface area contributed by atoms with Crippen LogP contribution in [0.2, 0.25) is 0 Å². The van der Waals surface area contributed by atoms with Crippen molar-refractivity contribution in [2.75, 3.05) is 13.1 Å². The number of nitrogens with zero attached hydrogens (tertiary/aromatic N) is 2. The van der Waals surface area contributed by atoms with E-state index in [0.717, 1.165) is 24.6 Å². The minimum atomic E-state index is 0.0341. The molecule has 0 spiro atoms. The second kappa shape index (κ2) is 5.33. The van der Waals surface area contributed by atoms with E-state index in [1.807, 2.05) is 24.0 Å². The maximum absolute atomic E-state index is 12.2. The summed E-state index contributed by atoms with van der Waals surface area (Å²) in [6.07, 6.45) is 7.60. The van der Waals surface area contributed by atoms with Crippen molar-refractivity contribution >= 4 is 5.91 Å². The number of fused-ring (bicyclic) bond motifs is 1. The molecule has 1 aliphatic carbocycles. The molecule has 0 radical (unpaired) electrons. The van der Waals surface area contributed by atoms with Crippen LogP contribution >= 0.6 is 0 Å². The average Bonchev–Trinajstić information content (AvgIpc) is 3.04. The van der Waals surface area contributed by atoms with Crippen molar-refractivity contribution < 1.29 is 4.79 Å². The van der Waals surface area contributed by atoms with E-state index >= 15 is 0 Å². The van der Waals surface area contributed by atoms with Crippen molar-refractivity contribution in [3.63, 3.8) is 0 Å². The minimum Gasteiger partial charge on any atom is -0.353 e. The van der Waals surface area contributed by atoms with Crippen LogP contribution in [0, 0.1) is 18.8 Å². The third-order valence-electron chi connectivity index (χ3n) is 4.43. The molecule has 1 saturated carbocycles. The van der Waals surface area contributed by atoms with Crippen molar-refractivity contribution in [1.82, 2.24) is 20.4 Å². The average molecular weight is 262 g/mol. The standard InChI is InChI=1S/C14H22N4O/c1-10-7-17-18(9-10)6-5-15-14(19)13-12-4-2-3-11(12)8-16-13/h7,9,11-13,16H,2-6,8H2,1H3,(H,15,19). The van der Waals surface area contributed by atoms with Crippen LogP contribution in [-0.2, 0) is 11.3 Å². The Morgan fingerprint density at radius 3 is 3.26 bits per heavy atom. The van der Waals surface area contributed by atoms with Gasteiger partial charge in [0, 0.05) is 12.7 Å². The Balaban J connectivity index is 1.46. The summed E-state index contributed by atoms with van der Waals surface area (Å²) in [5, 5.41) is 10.6. The van der Waals surface area contributed by atoms with Gasteiger partial charge in [0.1, 0.15) is 0 Å². The molecule has 2 fully saturated rings. The lowest BCUT2D eigenvalue weighted by molar-refractivity contribution is -0.123.